The number of aryl methyl sites for hydroxylation is 1. The fourth-order valence-electron chi connectivity index (χ4n) is 1.69. The predicted octanol–water partition coefficient (Wildman–Crippen LogP) is 3.67. The van der Waals surface area contributed by atoms with Crippen molar-refractivity contribution in [3.05, 3.63) is 41.7 Å². The van der Waals surface area contributed by atoms with E-state index in [1.165, 1.54) is 16.5 Å². The van der Waals surface area contributed by atoms with Gasteiger partial charge in [-0.3, -0.25) is 4.98 Å². The second-order valence-corrected chi connectivity index (χ2v) is 4.01. The highest BCUT2D eigenvalue weighted by atomic mass is 14.7. The molecule has 72 valence electrons. The molecule has 0 radical (unpaired) electrons. The van der Waals surface area contributed by atoms with Gasteiger partial charge in [0.05, 0.1) is 0 Å². The van der Waals surface area contributed by atoms with E-state index in [1.54, 1.807) is 0 Å². The Hall–Kier alpha value is -1.37. The van der Waals surface area contributed by atoms with Gasteiger partial charge in [0.25, 0.3) is 0 Å². The Kier molecular flexibility index (Phi) is 2.24. The van der Waals surface area contributed by atoms with Crippen molar-refractivity contribution in [3.8, 4) is 0 Å². The first kappa shape index (κ1) is 9.20. The van der Waals surface area contributed by atoms with Crippen molar-refractivity contribution in [2.24, 2.45) is 0 Å². The summed E-state index contributed by atoms with van der Waals surface area (Å²) in [6, 6.07) is 10.6. The minimum atomic E-state index is 0.498. The van der Waals surface area contributed by atoms with Crippen LogP contribution in [-0.2, 0) is 0 Å². The molecule has 14 heavy (non-hydrogen) atoms. The second-order valence-electron chi connectivity index (χ2n) is 4.01. The fraction of sp³-hybridized carbons (Fsp3) is 0.308. The lowest BCUT2D eigenvalue weighted by molar-refractivity contribution is 0.820. The highest BCUT2D eigenvalue weighted by molar-refractivity contribution is 5.84. The molecule has 0 N–H and O–H groups in total. The predicted molar refractivity (Wildman–Crippen MR) is 60.6 cm³/mol. The minimum absolute atomic E-state index is 0.498. The molecule has 2 aromatic rings. The Morgan fingerprint density at radius 2 is 1.86 bits per heavy atom. The second kappa shape index (κ2) is 3.41. The summed E-state index contributed by atoms with van der Waals surface area (Å²) in [5.41, 5.74) is 2.31. The van der Waals surface area contributed by atoms with Gasteiger partial charge in [-0.05, 0) is 24.3 Å². The Bertz CT molecular complexity index is 458. The summed E-state index contributed by atoms with van der Waals surface area (Å²) in [6.07, 6.45) is 0. The zero-order valence-corrected chi connectivity index (χ0v) is 8.91. The minimum Gasteiger partial charge on any atom is -0.257 e. The molecule has 0 saturated heterocycles. The molecule has 0 unspecified atom stereocenters. The van der Waals surface area contributed by atoms with Crippen LogP contribution < -0.4 is 0 Å². The zero-order valence-electron chi connectivity index (χ0n) is 8.91. The molecule has 0 spiro atoms. The van der Waals surface area contributed by atoms with E-state index >= 15 is 0 Å². The lowest BCUT2D eigenvalue weighted by atomic mass is 10.0. The molecule has 1 heteroatoms. The average molecular weight is 185 g/mol. The normalized spacial score (nSPS) is 11.1. The van der Waals surface area contributed by atoms with Gasteiger partial charge < -0.3 is 0 Å². The van der Waals surface area contributed by atoms with Gasteiger partial charge in [-0.2, -0.15) is 0 Å². The SMILES string of the molecule is Cc1nc(C(C)C)cc2ccccc12. The molecule has 1 heterocycles. The van der Waals surface area contributed by atoms with Gasteiger partial charge in [0.1, 0.15) is 0 Å². The lowest BCUT2D eigenvalue weighted by Gasteiger charge is -2.08. The van der Waals surface area contributed by atoms with Crippen molar-refractivity contribution >= 4 is 10.8 Å². The summed E-state index contributed by atoms with van der Waals surface area (Å²) in [5, 5.41) is 2.56. The molecule has 0 aliphatic rings. The number of hydrogen-bond acceptors (Lipinski definition) is 1. The number of benzene rings is 1. The molecule has 1 nitrogen and oxygen atoms in total. The lowest BCUT2D eigenvalue weighted by Crippen LogP contribution is -1.95. The summed E-state index contributed by atoms with van der Waals surface area (Å²) in [5.74, 6) is 0.498. The number of rotatable bonds is 1. The van der Waals surface area contributed by atoms with Crippen LogP contribution in [-0.4, -0.2) is 4.98 Å². The maximum absolute atomic E-state index is 4.60. The van der Waals surface area contributed by atoms with Gasteiger partial charge >= 0.3 is 0 Å². The standard InChI is InChI=1S/C13H15N/c1-9(2)13-8-11-6-4-5-7-12(11)10(3)14-13/h4-9H,1-3H3. The molecular formula is C13H15N. The van der Waals surface area contributed by atoms with Crippen LogP contribution in [0.5, 0.6) is 0 Å². The molecule has 1 aromatic heterocycles. The summed E-state index contributed by atoms with van der Waals surface area (Å²) in [7, 11) is 0. The van der Waals surface area contributed by atoms with Crippen LogP contribution in [0.3, 0.4) is 0 Å². The molecule has 2 rings (SSSR count). The monoisotopic (exact) mass is 185 g/mol. The third-order valence-corrected chi connectivity index (χ3v) is 2.54. The van der Waals surface area contributed by atoms with E-state index in [2.05, 4.69) is 56.1 Å². The van der Waals surface area contributed by atoms with Gasteiger partial charge in [0.15, 0.2) is 0 Å². The maximum Gasteiger partial charge on any atom is 0.0454 e. The van der Waals surface area contributed by atoms with Crippen molar-refractivity contribution in [2.75, 3.05) is 0 Å². The molecule has 0 fully saturated rings. The van der Waals surface area contributed by atoms with Gasteiger partial charge in [0, 0.05) is 16.8 Å². The van der Waals surface area contributed by atoms with E-state index in [0.717, 1.165) is 5.69 Å². The van der Waals surface area contributed by atoms with E-state index in [1.807, 2.05) is 0 Å². The van der Waals surface area contributed by atoms with Crippen LogP contribution in [0.4, 0.5) is 0 Å². The van der Waals surface area contributed by atoms with Crippen LogP contribution >= 0.6 is 0 Å². The van der Waals surface area contributed by atoms with Crippen LogP contribution in [0, 0.1) is 6.92 Å². The molecule has 0 bridgehead atoms. The van der Waals surface area contributed by atoms with E-state index in [0.29, 0.717) is 5.92 Å². The van der Waals surface area contributed by atoms with Crippen molar-refractivity contribution in [1.82, 2.24) is 4.98 Å². The van der Waals surface area contributed by atoms with Crippen molar-refractivity contribution in [2.45, 2.75) is 26.7 Å². The first-order chi connectivity index (χ1) is 6.68. The van der Waals surface area contributed by atoms with Gasteiger partial charge in [-0.25, -0.2) is 0 Å². The summed E-state index contributed by atoms with van der Waals surface area (Å²) >= 11 is 0. The topological polar surface area (TPSA) is 12.9 Å². The molecule has 0 aliphatic carbocycles. The van der Waals surface area contributed by atoms with Crippen LogP contribution in [0.25, 0.3) is 10.8 Å². The maximum atomic E-state index is 4.60. The number of pyridine rings is 1. The van der Waals surface area contributed by atoms with E-state index in [-0.39, 0.29) is 0 Å². The largest absolute Gasteiger partial charge is 0.257 e. The molecule has 1 aromatic carbocycles. The number of fused-ring (bicyclic) bond motifs is 1. The average Bonchev–Trinajstić information content (AvgIpc) is 2.17. The molecule has 0 saturated carbocycles. The van der Waals surface area contributed by atoms with E-state index < -0.39 is 0 Å². The quantitative estimate of drug-likeness (QED) is 0.660. The van der Waals surface area contributed by atoms with Crippen molar-refractivity contribution in [1.29, 1.82) is 0 Å². The van der Waals surface area contributed by atoms with Crippen LogP contribution in [0.15, 0.2) is 30.3 Å². The molecule has 0 aliphatic heterocycles. The van der Waals surface area contributed by atoms with Gasteiger partial charge in [-0.15, -0.1) is 0 Å². The van der Waals surface area contributed by atoms with Crippen molar-refractivity contribution in [3.63, 3.8) is 0 Å². The summed E-state index contributed by atoms with van der Waals surface area (Å²) < 4.78 is 0. The van der Waals surface area contributed by atoms with Crippen LogP contribution in [0.1, 0.15) is 31.2 Å². The number of nitrogens with zero attached hydrogens (tertiary/aromatic N) is 1. The number of aromatic nitrogens is 1. The Morgan fingerprint density at radius 3 is 2.57 bits per heavy atom. The highest BCUT2D eigenvalue weighted by Gasteiger charge is 2.04. The Labute approximate surface area is 84.8 Å². The fourth-order valence-corrected chi connectivity index (χ4v) is 1.69. The molecule has 0 amide bonds. The first-order valence-corrected chi connectivity index (χ1v) is 5.05. The Morgan fingerprint density at radius 1 is 1.14 bits per heavy atom. The smallest absolute Gasteiger partial charge is 0.0454 e. The third kappa shape index (κ3) is 1.50. The number of hydrogen-bond donors (Lipinski definition) is 0. The zero-order chi connectivity index (χ0) is 10.1. The highest BCUT2D eigenvalue weighted by Crippen LogP contribution is 2.21. The Balaban J connectivity index is 2.72. The summed E-state index contributed by atoms with van der Waals surface area (Å²) in [4.78, 5) is 4.60. The summed E-state index contributed by atoms with van der Waals surface area (Å²) in [6.45, 7) is 6.43. The van der Waals surface area contributed by atoms with Gasteiger partial charge in [-0.1, -0.05) is 38.1 Å². The van der Waals surface area contributed by atoms with E-state index in [9.17, 15) is 0 Å². The molecular weight excluding hydrogens is 170 g/mol. The van der Waals surface area contributed by atoms with Gasteiger partial charge in [0.2, 0.25) is 0 Å². The van der Waals surface area contributed by atoms with Crippen LogP contribution in [0.2, 0.25) is 0 Å². The van der Waals surface area contributed by atoms with Crippen molar-refractivity contribution < 1.29 is 0 Å². The third-order valence-electron chi connectivity index (χ3n) is 2.54. The first-order valence-electron chi connectivity index (χ1n) is 5.05. The van der Waals surface area contributed by atoms with E-state index in [4.69, 9.17) is 0 Å². The molecule has 0 atom stereocenters.